The summed E-state index contributed by atoms with van der Waals surface area (Å²) in [6.07, 6.45) is 0. The van der Waals surface area contributed by atoms with E-state index >= 15 is 0 Å². The highest BCUT2D eigenvalue weighted by Gasteiger charge is 2.06. The standard InChI is InChI=1S/C17H18N2O/c1-12-9-14(13(2)19)7-8-17(12)20-11-16-6-4-3-5-15(16)10-18/h3-9,13H,11,19H2,1-2H3/t13-/m0/s1. The van der Waals surface area contributed by atoms with Gasteiger partial charge in [-0.1, -0.05) is 30.3 Å². The van der Waals surface area contributed by atoms with E-state index in [1.54, 1.807) is 6.07 Å². The first-order valence-electron chi connectivity index (χ1n) is 6.58. The van der Waals surface area contributed by atoms with Crippen molar-refractivity contribution in [1.29, 1.82) is 5.26 Å². The minimum Gasteiger partial charge on any atom is -0.489 e. The fourth-order valence-corrected chi connectivity index (χ4v) is 2.03. The Kier molecular flexibility index (Phi) is 4.39. The number of benzene rings is 2. The van der Waals surface area contributed by atoms with Gasteiger partial charge >= 0.3 is 0 Å². The molecular weight excluding hydrogens is 248 g/mol. The van der Waals surface area contributed by atoms with E-state index in [0.29, 0.717) is 12.2 Å². The van der Waals surface area contributed by atoms with Crippen molar-refractivity contribution in [2.75, 3.05) is 0 Å². The van der Waals surface area contributed by atoms with Crippen molar-refractivity contribution in [3.63, 3.8) is 0 Å². The number of hydrogen-bond acceptors (Lipinski definition) is 3. The van der Waals surface area contributed by atoms with E-state index in [0.717, 1.165) is 22.4 Å². The molecule has 20 heavy (non-hydrogen) atoms. The lowest BCUT2D eigenvalue weighted by Gasteiger charge is -2.13. The molecule has 1 atom stereocenters. The summed E-state index contributed by atoms with van der Waals surface area (Å²) < 4.78 is 5.81. The molecule has 2 aromatic rings. The maximum absolute atomic E-state index is 9.05. The quantitative estimate of drug-likeness (QED) is 0.921. The van der Waals surface area contributed by atoms with E-state index in [-0.39, 0.29) is 6.04 Å². The molecule has 0 aliphatic rings. The van der Waals surface area contributed by atoms with Crippen LogP contribution in [0.3, 0.4) is 0 Å². The molecule has 0 saturated heterocycles. The predicted molar refractivity (Wildman–Crippen MR) is 79.3 cm³/mol. The molecule has 102 valence electrons. The van der Waals surface area contributed by atoms with E-state index in [9.17, 15) is 0 Å². The van der Waals surface area contributed by atoms with Crippen LogP contribution in [0.2, 0.25) is 0 Å². The molecule has 3 heteroatoms. The van der Waals surface area contributed by atoms with Crippen molar-refractivity contribution in [2.24, 2.45) is 5.73 Å². The van der Waals surface area contributed by atoms with Gasteiger partial charge in [-0.2, -0.15) is 5.26 Å². The molecular formula is C17H18N2O. The first-order chi connectivity index (χ1) is 9.61. The second-order valence-corrected chi connectivity index (χ2v) is 4.87. The summed E-state index contributed by atoms with van der Waals surface area (Å²) in [7, 11) is 0. The van der Waals surface area contributed by atoms with Crippen LogP contribution in [-0.4, -0.2) is 0 Å². The van der Waals surface area contributed by atoms with Crippen LogP contribution in [0.1, 0.15) is 35.2 Å². The molecule has 0 aromatic heterocycles. The Bertz CT molecular complexity index is 642. The maximum Gasteiger partial charge on any atom is 0.122 e. The zero-order valence-electron chi connectivity index (χ0n) is 11.8. The molecule has 0 fully saturated rings. The van der Waals surface area contributed by atoms with Crippen molar-refractivity contribution in [3.8, 4) is 11.8 Å². The van der Waals surface area contributed by atoms with Crippen molar-refractivity contribution < 1.29 is 4.74 Å². The van der Waals surface area contributed by atoms with Crippen LogP contribution in [0.5, 0.6) is 5.75 Å². The Balaban J connectivity index is 2.14. The first kappa shape index (κ1) is 14.1. The van der Waals surface area contributed by atoms with Gasteiger partial charge in [0.25, 0.3) is 0 Å². The zero-order valence-corrected chi connectivity index (χ0v) is 11.8. The van der Waals surface area contributed by atoms with Crippen LogP contribution >= 0.6 is 0 Å². The van der Waals surface area contributed by atoms with E-state index in [4.69, 9.17) is 15.7 Å². The van der Waals surface area contributed by atoms with Gasteiger partial charge in [-0.15, -0.1) is 0 Å². The van der Waals surface area contributed by atoms with Gasteiger partial charge in [-0.25, -0.2) is 0 Å². The summed E-state index contributed by atoms with van der Waals surface area (Å²) in [4.78, 5) is 0. The molecule has 2 aromatic carbocycles. The van der Waals surface area contributed by atoms with Gasteiger partial charge in [0.2, 0.25) is 0 Å². The Morgan fingerprint density at radius 1 is 1.25 bits per heavy atom. The lowest BCUT2D eigenvalue weighted by Crippen LogP contribution is -2.06. The van der Waals surface area contributed by atoms with Gasteiger partial charge in [0, 0.05) is 11.6 Å². The molecule has 0 aliphatic heterocycles. The van der Waals surface area contributed by atoms with Gasteiger partial charge in [-0.3, -0.25) is 0 Å². The second-order valence-electron chi connectivity index (χ2n) is 4.87. The third-order valence-corrected chi connectivity index (χ3v) is 3.25. The van der Waals surface area contributed by atoms with Crippen molar-refractivity contribution >= 4 is 0 Å². The SMILES string of the molecule is Cc1cc([C@H](C)N)ccc1OCc1ccccc1C#N. The average Bonchev–Trinajstić information content (AvgIpc) is 2.46. The summed E-state index contributed by atoms with van der Waals surface area (Å²) in [6, 6.07) is 15.6. The molecule has 0 radical (unpaired) electrons. The van der Waals surface area contributed by atoms with Gasteiger partial charge in [0.05, 0.1) is 11.6 Å². The van der Waals surface area contributed by atoms with Gasteiger partial charge < -0.3 is 10.5 Å². The number of aryl methyl sites for hydroxylation is 1. The Morgan fingerprint density at radius 3 is 2.65 bits per heavy atom. The second kappa shape index (κ2) is 6.23. The average molecular weight is 266 g/mol. The number of hydrogen-bond donors (Lipinski definition) is 1. The number of rotatable bonds is 4. The van der Waals surface area contributed by atoms with Crippen LogP contribution in [-0.2, 0) is 6.61 Å². The van der Waals surface area contributed by atoms with E-state index in [2.05, 4.69) is 6.07 Å². The summed E-state index contributed by atoms with van der Waals surface area (Å²) in [6.45, 7) is 4.35. The molecule has 2 N–H and O–H groups in total. The highest BCUT2D eigenvalue weighted by atomic mass is 16.5. The molecule has 0 aliphatic carbocycles. The molecule has 2 rings (SSSR count). The largest absolute Gasteiger partial charge is 0.489 e. The number of nitrogens with two attached hydrogens (primary N) is 1. The zero-order chi connectivity index (χ0) is 14.5. The topological polar surface area (TPSA) is 59.0 Å². The molecule has 0 saturated carbocycles. The van der Waals surface area contributed by atoms with Crippen LogP contribution in [0.15, 0.2) is 42.5 Å². The minimum absolute atomic E-state index is 0.0158. The lowest BCUT2D eigenvalue weighted by atomic mass is 10.1. The predicted octanol–water partition coefficient (Wildman–Crippen LogP) is 3.47. The molecule has 0 amide bonds. The van der Waals surface area contributed by atoms with Crippen LogP contribution in [0, 0.1) is 18.3 Å². The summed E-state index contributed by atoms with van der Waals surface area (Å²) in [5, 5.41) is 9.05. The fourth-order valence-electron chi connectivity index (χ4n) is 2.03. The highest BCUT2D eigenvalue weighted by Crippen LogP contribution is 2.23. The molecule has 0 spiro atoms. The summed E-state index contributed by atoms with van der Waals surface area (Å²) in [5.74, 6) is 0.821. The van der Waals surface area contributed by atoms with E-state index in [1.165, 1.54) is 0 Å². The molecule has 3 nitrogen and oxygen atoms in total. The van der Waals surface area contributed by atoms with Crippen LogP contribution in [0.25, 0.3) is 0 Å². The van der Waals surface area contributed by atoms with E-state index < -0.39 is 0 Å². The lowest BCUT2D eigenvalue weighted by molar-refractivity contribution is 0.303. The smallest absolute Gasteiger partial charge is 0.122 e. The van der Waals surface area contributed by atoms with Crippen molar-refractivity contribution in [2.45, 2.75) is 26.5 Å². The molecule has 0 bridgehead atoms. The van der Waals surface area contributed by atoms with Gasteiger partial charge in [0.15, 0.2) is 0 Å². The fraction of sp³-hybridized carbons (Fsp3) is 0.235. The number of nitriles is 1. The highest BCUT2D eigenvalue weighted by molar-refractivity contribution is 5.39. The Hall–Kier alpha value is -2.31. The first-order valence-corrected chi connectivity index (χ1v) is 6.58. The van der Waals surface area contributed by atoms with Crippen molar-refractivity contribution in [1.82, 2.24) is 0 Å². The van der Waals surface area contributed by atoms with E-state index in [1.807, 2.05) is 50.2 Å². The number of nitrogens with zero attached hydrogens (tertiary/aromatic N) is 1. The Morgan fingerprint density at radius 2 is 2.00 bits per heavy atom. The minimum atomic E-state index is 0.0158. The summed E-state index contributed by atoms with van der Waals surface area (Å²) in [5.41, 5.74) is 9.54. The third-order valence-electron chi connectivity index (χ3n) is 3.25. The normalized spacial score (nSPS) is 11.7. The number of ether oxygens (including phenoxy) is 1. The Labute approximate surface area is 119 Å². The van der Waals surface area contributed by atoms with Crippen LogP contribution < -0.4 is 10.5 Å². The maximum atomic E-state index is 9.05. The van der Waals surface area contributed by atoms with Crippen LogP contribution in [0.4, 0.5) is 0 Å². The van der Waals surface area contributed by atoms with Gasteiger partial charge in [-0.05, 0) is 37.1 Å². The van der Waals surface area contributed by atoms with Gasteiger partial charge in [0.1, 0.15) is 12.4 Å². The monoisotopic (exact) mass is 266 g/mol. The summed E-state index contributed by atoms with van der Waals surface area (Å²) >= 11 is 0. The third kappa shape index (κ3) is 3.17. The molecule has 0 heterocycles. The van der Waals surface area contributed by atoms with Crippen molar-refractivity contribution in [3.05, 3.63) is 64.7 Å². The molecule has 0 unspecified atom stereocenters.